The van der Waals surface area contributed by atoms with Gasteiger partial charge in [-0.25, -0.2) is 0 Å². The van der Waals surface area contributed by atoms with E-state index in [0.717, 1.165) is 30.5 Å². The Morgan fingerprint density at radius 1 is 1.44 bits per heavy atom. The van der Waals surface area contributed by atoms with E-state index in [9.17, 15) is 0 Å². The Hall–Kier alpha value is -1.35. The second-order valence-corrected chi connectivity index (χ2v) is 5.60. The molecular weight excluding hydrogens is 222 g/mol. The molecule has 0 aliphatic carbocycles. The lowest BCUT2D eigenvalue weighted by Gasteiger charge is -2.19. The van der Waals surface area contributed by atoms with Crippen LogP contribution in [0.15, 0.2) is 24.3 Å². The predicted octanol–water partition coefficient (Wildman–Crippen LogP) is 2.45. The molecule has 0 spiro atoms. The van der Waals surface area contributed by atoms with Gasteiger partial charge in [0.15, 0.2) is 0 Å². The van der Waals surface area contributed by atoms with Gasteiger partial charge in [-0.15, -0.1) is 0 Å². The number of hydrogen-bond donors (Lipinski definition) is 2. The molecule has 1 aliphatic heterocycles. The van der Waals surface area contributed by atoms with Crippen molar-refractivity contribution in [3.63, 3.8) is 0 Å². The maximum absolute atomic E-state index is 7.62. The first-order valence-electron chi connectivity index (χ1n) is 6.72. The number of nitrogen functional groups attached to an aromatic ring is 1. The highest BCUT2D eigenvalue weighted by atomic mass is 15.1. The lowest BCUT2D eigenvalue weighted by Crippen LogP contribution is -2.23. The van der Waals surface area contributed by atoms with E-state index in [1.165, 1.54) is 18.5 Å². The molecule has 1 saturated heterocycles. The van der Waals surface area contributed by atoms with Crippen LogP contribution in [0, 0.1) is 17.2 Å². The summed E-state index contributed by atoms with van der Waals surface area (Å²) in [6, 6.07) is 7.99. The molecule has 0 saturated carbocycles. The van der Waals surface area contributed by atoms with Crippen LogP contribution in [0.2, 0.25) is 0 Å². The maximum Gasteiger partial charge on any atom is 0.123 e. The molecule has 1 unspecified atom stereocenters. The average Bonchev–Trinajstić information content (AvgIpc) is 2.78. The molecule has 1 aliphatic rings. The van der Waals surface area contributed by atoms with Gasteiger partial charge >= 0.3 is 0 Å². The van der Waals surface area contributed by atoms with Gasteiger partial charge in [-0.2, -0.15) is 0 Å². The van der Waals surface area contributed by atoms with Crippen molar-refractivity contribution in [1.29, 1.82) is 5.41 Å². The molecule has 2 rings (SSSR count). The third kappa shape index (κ3) is 2.91. The van der Waals surface area contributed by atoms with Gasteiger partial charge in [-0.3, -0.25) is 10.3 Å². The van der Waals surface area contributed by atoms with E-state index < -0.39 is 0 Å². The molecular formula is C15H23N3. The molecule has 1 atom stereocenters. The molecule has 0 bridgehead atoms. The third-order valence-electron chi connectivity index (χ3n) is 3.95. The van der Waals surface area contributed by atoms with Crippen molar-refractivity contribution < 1.29 is 0 Å². The van der Waals surface area contributed by atoms with Gasteiger partial charge in [0.05, 0.1) is 0 Å². The van der Waals surface area contributed by atoms with Crippen molar-refractivity contribution in [2.75, 3.05) is 13.1 Å². The minimum absolute atomic E-state index is 0.171. The van der Waals surface area contributed by atoms with Crippen LogP contribution in [-0.2, 0) is 6.54 Å². The van der Waals surface area contributed by atoms with Crippen LogP contribution in [0.1, 0.15) is 31.4 Å². The summed E-state index contributed by atoms with van der Waals surface area (Å²) in [7, 11) is 0. The van der Waals surface area contributed by atoms with Crippen LogP contribution in [-0.4, -0.2) is 23.8 Å². The minimum Gasteiger partial charge on any atom is -0.384 e. The van der Waals surface area contributed by atoms with Gasteiger partial charge in [0.25, 0.3) is 0 Å². The summed E-state index contributed by atoms with van der Waals surface area (Å²) < 4.78 is 0. The quantitative estimate of drug-likeness (QED) is 0.632. The molecule has 1 aromatic carbocycles. The number of likely N-dealkylation sites (tertiary alicyclic amines) is 1. The summed E-state index contributed by atoms with van der Waals surface area (Å²) in [5.74, 6) is 1.75. The van der Waals surface area contributed by atoms with Crippen molar-refractivity contribution in [3.05, 3.63) is 35.4 Å². The van der Waals surface area contributed by atoms with Crippen LogP contribution in [0.25, 0.3) is 0 Å². The Morgan fingerprint density at radius 2 is 2.17 bits per heavy atom. The first-order chi connectivity index (χ1) is 8.58. The van der Waals surface area contributed by atoms with Crippen LogP contribution >= 0.6 is 0 Å². The van der Waals surface area contributed by atoms with Crippen molar-refractivity contribution >= 4 is 5.84 Å². The molecule has 1 heterocycles. The fourth-order valence-corrected chi connectivity index (χ4v) is 2.71. The lowest BCUT2D eigenvalue weighted by molar-refractivity contribution is 0.296. The van der Waals surface area contributed by atoms with Crippen molar-refractivity contribution in [2.45, 2.75) is 26.8 Å². The van der Waals surface area contributed by atoms with Gasteiger partial charge in [0.1, 0.15) is 5.84 Å². The summed E-state index contributed by atoms with van der Waals surface area (Å²) in [4.78, 5) is 2.48. The van der Waals surface area contributed by atoms with Gasteiger partial charge in [-0.1, -0.05) is 38.1 Å². The third-order valence-corrected chi connectivity index (χ3v) is 3.95. The average molecular weight is 245 g/mol. The Bertz CT molecular complexity index is 426. The zero-order chi connectivity index (χ0) is 13.1. The van der Waals surface area contributed by atoms with Gasteiger partial charge in [0.2, 0.25) is 0 Å². The Balaban J connectivity index is 2.05. The molecule has 3 heteroatoms. The first-order valence-corrected chi connectivity index (χ1v) is 6.72. The van der Waals surface area contributed by atoms with Crippen molar-refractivity contribution in [2.24, 2.45) is 17.6 Å². The monoisotopic (exact) mass is 245 g/mol. The van der Waals surface area contributed by atoms with E-state index in [1.807, 2.05) is 18.2 Å². The maximum atomic E-state index is 7.62. The standard InChI is InChI=1S/C15H23N3/c1-11(2)12-7-8-18(9-12)10-13-5-3-4-6-14(13)15(16)17/h3-6,11-12H,7-10H2,1-2H3,(H3,16,17). The Kier molecular flexibility index (Phi) is 4.02. The number of nitrogens with zero attached hydrogens (tertiary/aromatic N) is 1. The fourth-order valence-electron chi connectivity index (χ4n) is 2.71. The van der Waals surface area contributed by atoms with Crippen LogP contribution in [0.3, 0.4) is 0 Å². The predicted molar refractivity (Wildman–Crippen MR) is 75.7 cm³/mol. The van der Waals surface area contributed by atoms with E-state index in [0.29, 0.717) is 0 Å². The SMILES string of the molecule is CC(C)C1CCN(Cc2ccccc2C(=N)N)C1. The number of rotatable bonds is 4. The molecule has 0 amide bonds. The Morgan fingerprint density at radius 3 is 2.78 bits per heavy atom. The number of hydrogen-bond acceptors (Lipinski definition) is 2. The van der Waals surface area contributed by atoms with E-state index in [1.54, 1.807) is 0 Å². The number of amidine groups is 1. The van der Waals surface area contributed by atoms with Crippen LogP contribution < -0.4 is 5.73 Å². The summed E-state index contributed by atoms with van der Waals surface area (Å²) in [5.41, 5.74) is 7.68. The molecule has 0 aromatic heterocycles. The molecule has 3 nitrogen and oxygen atoms in total. The summed E-state index contributed by atoms with van der Waals surface area (Å²) in [6.45, 7) is 7.85. The molecule has 1 fully saturated rings. The molecule has 3 N–H and O–H groups in total. The van der Waals surface area contributed by atoms with Gasteiger partial charge in [0, 0.05) is 18.7 Å². The highest BCUT2D eigenvalue weighted by Crippen LogP contribution is 2.25. The van der Waals surface area contributed by atoms with Crippen LogP contribution in [0.4, 0.5) is 0 Å². The summed E-state index contributed by atoms with van der Waals surface area (Å²) >= 11 is 0. The van der Waals surface area contributed by atoms with E-state index in [2.05, 4.69) is 24.8 Å². The highest BCUT2D eigenvalue weighted by molar-refractivity contribution is 5.96. The van der Waals surface area contributed by atoms with E-state index in [-0.39, 0.29) is 5.84 Å². The first kappa shape index (κ1) is 13.1. The van der Waals surface area contributed by atoms with Gasteiger partial charge in [-0.05, 0) is 30.4 Å². The second-order valence-electron chi connectivity index (χ2n) is 5.60. The largest absolute Gasteiger partial charge is 0.384 e. The van der Waals surface area contributed by atoms with Crippen LogP contribution in [0.5, 0.6) is 0 Å². The molecule has 1 aromatic rings. The summed E-state index contributed by atoms with van der Waals surface area (Å²) in [5, 5.41) is 7.62. The normalized spacial score (nSPS) is 20.5. The molecule has 18 heavy (non-hydrogen) atoms. The van der Waals surface area contributed by atoms with E-state index >= 15 is 0 Å². The van der Waals surface area contributed by atoms with Crippen molar-refractivity contribution in [1.82, 2.24) is 4.90 Å². The molecule has 98 valence electrons. The van der Waals surface area contributed by atoms with Gasteiger partial charge < -0.3 is 5.73 Å². The fraction of sp³-hybridized carbons (Fsp3) is 0.533. The number of benzene rings is 1. The number of nitrogens with one attached hydrogen (secondary N) is 1. The Labute approximate surface area is 109 Å². The zero-order valence-corrected chi connectivity index (χ0v) is 11.3. The van der Waals surface area contributed by atoms with E-state index in [4.69, 9.17) is 11.1 Å². The smallest absolute Gasteiger partial charge is 0.123 e. The highest BCUT2D eigenvalue weighted by Gasteiger charge is 2.25. The summed E-state index contributed by atoms with van der Waals surface area (Å²) in [6.07, 6.45) is 1.29. The second kappa shape index (κ2) is 5.53. The lowest BCUT2D eigenvalue weighted by atomic mass is 9.95. The van der Waals surface area contributed by atoms with Crippen molar-refractivity contribution in [3.8, 4) is 0 Å². The topological polar surface area (TPSA) is 53.1 Å². The molecule has 0 radical (unpaired) electrons. The zero-order valence-electron chi connectivity index (χ0n) is 11.3. The minimum atomic E-state index is 0.171. The number of nitrogens with two attached hydrogens (primary N) is 1.